The molecule has 1 heterocycles. The number of carbonyl (C=O) groups is 2. The molecule has 0 bridgehead atoms. The summed E-state index contributed by atoms with van der Waals surface area (Å²) in [5.41, 5.74) is 4.70. The van der Waals surface area contributed by atoms with Gasteiger partial charge in [-0.1, -0.05) is 23.2 Å². The topological polar surface area (TPSA) is 72.2 Å². The summed E-state index contributed by atoms with van der Waals surface area (Å²) in [6.07, 6.45) is 0. The number of amides is 2. The molecule has 94 valence electrons. The maximum absolute atomic E-state index is 11.7. The van der Waals surface area contributed by atoms with E-state index < -0.39 is 11.3 Å². The molecule has 0 unspecified atom stereocenters. The van der Waals surface area contributed by atoms with Gasteiger partial charge in [-0.2, -0.15) is 0 Å². The van der Waals surface area contributed by atoms with Gasteiger partial charge in [0.2, 0.25) is 5.91 Å². The summed E-state index contributed by atoms with van der Waals surface area (Å²) in [4.78, 5) is 22.8. The van der Waals surface area contributed by atoms with Gasteiger partial charge in [0, 0.05) is 6.54 Å². The minimum atomic E-state index is -0.804. The van der Waals surface area contributed by atoms with Gasteiger partial charge in [0.15, 0.2) is 0 Å². The smallest absolute Gasteiger partial charge is 0.253 e. The molecule has 1 aromatic heterocycles. The van der Waals surface area contributed by atoms with Crippen LogP contribution in [0.2, 0.25) is 8.67 Å². The van der Waals surface area contributed by atoms with Gasteiger partial charge in [0.1, 0.15) is 4.34 Å². The lowest BCUT2D eigenvalue weighted by atomic mass is 9.93. The molecule has 7 heteroatoms. The van der Waals surface area contributed by atoms with Gasteiger partial charge in [0.25, 0.3) is 5.91 Å². The number of hydrogen-bond acceptors (Lipinski definition) is 3. The normalized spacial score (nSPS) is 11.3. The summed E-state index contributed by atoms with van der Waals surface area (Å²) in [7, 11) is 0. The van der Waals surface area contributed by atoms with Crippen LogP contribution in [0.25, 0.3) is 0 Å². The average Bonchev–Trinajstić information content (AvgIpc) is 2.54. The van der Waals surface area contributed by atoms with Crippen LogP contribution in [-0.4, -0.2) is 18.4 Å². The molecule has 17 heavy (non-hydrogen) atoms. The van der Waals surface area contributed by atoms with Crippen molar-refractivity contribution in [1.29, 1.82) is 0 Å². The van der Waals surface area contributed by atoms with Gasteiger partial charge in [-0.3, -0.25) is 9.59 Å². The number of nitrogens with two attached hydrogens (primary N) is 1. The van der Waals surface area contributed by atoms with Crippen LogP contribution in [0.3, 0.4) is 0 Å². The van der Waals surface area contributed by atoms with E-state index in [4.69, 9.17) is 28.9 Å². The molecule has 0 aliphatic carbocycles. The fourth-order valence-electron chi connectivity index (χ4n) is 0.979. The van der Waals surface area contributed by atoms with E-state index in [0.717, 1.165) is 11.3 Å². The minimum absolute atomic E-state index is 0.144. The van der Waals surface area contributed by atoms with Crippen LogP contribution >= 0.6 is 34.5 Å². The Bertz CT molecular complexity index is 457. The second-order valence-electron chi connectivity index (χ2n) is 4.17. The van der Waals surface area contributed by atoms with Crippen molar-refractivity contribution in [2.75, 3.05) is 6.54 Å². The molecular formula is C10H12Cl2N2O2S. The van der Waals surface area contributed by atoms with E-state index in [-0.39, 0.29) is 12.5 Å². The van der Waals surface area contributed by atoms with Crippen molar-refractivity contribution in [2.24, 2.45) is 11.1 Å². The highest BCUT2D eigenvalue weighted by molar-refractivity contribution is 7.20. The maximum Gasteiger partial charge on any atom is 0.253 e. The van der Waals surface area contributed by atoms with Crippen LogP contribution in [0.15, 0.2) is 6.07 Å². The quantitative estimate of drug-likeness (QED) is 0.894. The number of carbonyl (C=O) groups excluding carboxylic acids is 2. The van der Waals surface area contributed by atoms with Gasteiger partial charge < -0.3 is 11.1 Å². The van der Waals surface area contributed by atoms with E-state index in [0.29, 0.717) is 14.2 Å². The van der Waals surface area contributed by atoms with Crippen LogP contribution in [0, 0.1) is 5.41 Å². The molecule has 0 saturated carbocycles. The van der Waals surface area contributed by atoms with Gasteiger partial charge in [0.05, 0.1) is 15.3 Å². The fraction of sp³-hybridized carbons (Fsp3) is 0.400. The van der Waals surface area contributed by atoms with Gasteiger partial charge in [-0.15, -0.1) is 11.3 Å². The second-order valence-corrected chi connectivity index (χ2v) is 6.45. The Morgan fingerprint density at radius 1 is 1.47 bits per heavy atom. The largest absolute Gasteiger partial charge is 0.369 e. The monoisotopic (exact) mass is 294 g/mol. The predicted molar refractivity (Wildman–Crippen MR) is 69.6 cm³/mol. The van der Waals surface area contributed by atoms with E-state index in [2.05, 4.69) is 5.32 Å². The second kappa shape index (κ2) is 5.25. The molecule has 0 saturated heterocycles. The highest BCUT2D eigenvalue weighted by atomic mass is 35.5. The number of thiophene rings is 1. The summed E-state index contributed by atoms with van der Waals surface area (Å²) >= 11 is 12.7. The predicted octanol–water partition coefficient (Wildman–Crippen LogP) is 2.30. The van der Waals surface area contributed by atoms with E-state index in [1.807, 2.05) is 0 Å². The molecule has 0 aromatic carbocycles. The molecule has 0 aliphatic rings. The fourth-order valence-corrected chi connectivity index (χ4v) is 2.44. The molecule has 2 amide bonds. The van der Waals surface area contributed by atoms with Crippen molar-refractivity contribution in [1.82, 2.24) is 5.32 Å². The van der Waals surface area contributed by atoms with Crippen molar-refractivity contribution >= 4 is 46.4 Å². The summed E-state index contributed by atoms with van der Waals surface area (Å²) in [6, 6.07) is 1.49. The maximum atomic E-state index is 11.7. The molecule has 0 aliphatic heterocycles. The first-order valence-electron chi connectivity index (χ1n) is 4.77. The summed E-state index contributed by atoms with van der Waals surface area (Å²) in [5.74, 6) is -0.847. The van der Waals surface area contributed by atoms with E-state index in [1.54, 1.807) is 13.8 Å². The van der Waals surface area contributed by atoms with E-state index in [1.165, 1.54) is 6.07 Å². The molecule has 1 aromatic rings. The van der Waals surface area contributed by atoms with Gasteiger partial charge in [-0.05, 0) is 19.9 Å². The SMILES string of the molecule is CC(C)(CNC(=O)c1cc(Cl)sc1Cl)C(N)=O. The zero-order valence-corrected chi connectivity index (χ0v) is 11.7. The Morgan fingerprint density at radius 2 is 2.06 bits per heavy atom. The molecule has 4 nitrogen and oxygen atoms in total. The Hall–Kier alpha value is -0.780. The molecule has 0 fully saturated rings. The zero-order valence-electron chi connectivity index (χ0n) is 9.34. The Morgan fingerprint density at radius 3 is 2.47 bits per heavy atom. The lowest BCUT2D eigenvalue weighted by molar-refractivity contribution is -0.125. The molecule has 1 rings (SSSR count). The number of hydrogen-bond donors (Lipinski definition) is 2. The number of primary amides is 1. The Balaban J connectivity index is 2.68. The molecule has 0 spiro atoms. The number of halogens is 2. The summed E-state index contributed by atoms with van der Waals surface area (Å²) in [5, 5.41) is 2.60. The highest BCUT2D eigenvalue weighted by Gasteiger charge is 2.26. The van der Waals surface area contributed by atoms with Gasteiger partial charge in [-0.25, -0.2) is 0 Å². The van der Waals surface area contributed by atoms with Gasteiger partial charge >= 0.3 is 0 Å². The first-order valence-corrected chi connectivity index (χ1v) is 6.34. The Labute approximate surface area is 113 Å². The van der Waals surface area contributed by atoms with Crippen molar-refractivity contribution in [3.05, 3.63) is 20.3 Å². The lowest BCUT2D eigenvalue weighted by Gasteiger charge is -2.20. The number of nitrogens with one attached hydrogen (secondary N) is 1. The van der Waals surface area contributed by atoms with Crippen molar-refractivity contribution in [3.63, 3.8) is 0 Å². The molecule has 0 atom stereocenters. The van der Waals surface area contributed by atoms with Crippen LogP contribution in [0.4, 0.5) is 0 Å². The van der Waals surface area contributed by atoms with Crippen LogP contribution in [0.5, 0.6) is 0 Å². The minimum Gasteiger partial charge on any atom is -0.369 e. The van der Waals surface area contributed by atoms with Crippen molar-refractivity contribution < 1.29 is 9.59 Å². The Kier molecular flexibility index (Phi) is 4.41. The number of rotatable bonds is 4. The molecule has 0 radical (unpaired) electrons. The highest BCUT2D eigenvalue weighted by Crippen LogP contribution is 2.31. The average molecular weight is 295 g/mol. The van der Waals surface area contributed by atoms with Crippen LogP contribution < -0.4 is 11.1 Å². The van der Waals surface area contributed by atoms with Crippen molar-refractivity contribution in [3.8, 4) is 0 Å². The zero-order chi connectivity index (χ0) is 13.2. The third-order valence-electron chi connectivity index (χ3n) is 2.26. The lowest BCUT2D eigenvalue weighted by Crippen LogP contribution is -2.42. The standard InChI is InChI=1S/C10H12Cl2N2O2S/c1-10(2,9(13)16)4-14-8(15)5-3-6(11)17-7(5)12/h3H,4H2,1-2H3,(H2,13,16)(H,14,15). The van der Waals surface area contributed by atoms with Crippen LogP contribution in [0.1, 0.15) is 24.2 Å². The summed E-state index contributed by atoms with van der Waals surface area (Å²) in [6.45, 7) is 3.45. The third-order valence-corrected chi connectivity index (χ3v) is 3.75. The summed E-state index contributed by atoms with van der Waals surface area (Å²) < 4.78 is 0.763. The van der Waals surface area contributed by atoms with E-state index >= 15 is 0 Å². The molecular weight excluding hydrogens is 283 g/mol. The molecule has 3 N–H and O–H groups in total. The first-order chi connectivity index (χ1) is 7.74. The van der Waals surface area contributed by atoms with E-state index in [9.17, 15) is 9.59 Å². The third kappa shape index (κ3) is 3.59. The first kappa shape index (κ1) is 14.3. The van der Waals surface area contributed by atoms with Crippen molar-refractivity contribution in [2.45, 2.75) is 13.8 Å². The van der Waals surface area contributed by atoms with Crippen LogP contribution in [-0.2, 0) is 4.79 Å².